The summed E-state index contributed by atoms with van der Waals surface area (Å²) in [7, 11) is 0.0581. The number of ether oxygens (including phenoxy) is 1. The van der Waals surface area contributed by atoms with Crippen molar-refractivity contribution in [2.75, 3.05) is 32.3 Å². The molecule has 0 aliphatic rings. The van der Waals surface area contributed by atoms with Gasteiger partial charge < -0.3 is 15.0 Å². The van der Waals surface area contributed by atoms with Gasteiger partial charge in [0, 0.05) is 37.3 Å². The number of nitrogens with one attached hydrogen (secondary N) is 1. The number of hydrogen-bond donors (Lipinski definition) is 1. The van der Waals surface area contributed by atoms with Crippen molar-refractivity contribution in [2.45, 2.75) is 18.7 Å². The van der Waals surface area contributed by atoms with Gasteiger partial charge in [-0.25, -0.2) is 13.4 Å². The van der Waals surface area contributed by atoms with E-state index in [0.717, 1.165) is 23.5 Å². The molecule has 0 amide bonds. The molecule has 0 aliphatic carbocycles. The zero-order valence-corrected chi connectivity index (χ0v) is 16.6. The number of methoxy groups -OCH3 is 1. The molecule has 0 atom stereocenters. The second-order valence-corrected chi connectivity index (χ2v) is 8.07. The molecule has 2 rings (SSSR count). The van der Waals surface area contributed by atoms with Crippen LogP contribution < -0.4 is 10.1 Å². The zero-order valence-electron chi connectivity index (χ0n) is 15.8. The van der Waals surface area contributed by atoms with Gasteiger partial charge in [0.1, 0.15) is 5.75 Å². The fraction of sp³-hybridized carbons (Fsp3) is 0.316. The van der Waals surface area contributed by atoms with Crippen molar-refractivity contribution in [3.8, 4) is 5.75 Å². The maximum Gasteiger partial charge on any atom is 0.177 e. The van der Waals surface area contributed by atoms with Crippen LogP contribution in [0, 0.1) is 6.92 Å². The van der Waals surface area contributed by atoms with Gasteiger partial charge in [-0.3, -0.25) is 0 Å². The number of rotatable bonds is 7. The minimum atomic E-state index is -3.43. The Bertz CT molecular complexity index is 908. The predicted molar refractivity (Wildman–Crippen MR) is 107 cm³/mol. The lowest BCUT2D eigenvalue weighted by Gasteiger charge is -2.15. The summed E-state index contributed by atoms with van der Waals surface area (Å²) in [6.45, 7) is 4.69. The van der Waals surface area contributed by atoms with Crippen LogP contribution in [0.2, 0.25) is 0 Å². The molecule has 0 spiro atoms. The van der Waals surface area contributed by atoms with Gasteiger partial charge in [0.25, 0.3) is 0 Å². The first-order valence-electron chi connectivity index (χ1n) is 8.24. The van der Waals surface area contributed by atoms with Crippen LogP contribution in [0.25, 0.3) is 0 Å². The third kappa shape index (κ3) is 4.98. The van der Waals surface area contributed by atoms with Gasteiger partial charge in [-0.1, -0.05) is 6.07 Å². The fourth-order valence-electron chi connectivity index (χ4n) is 2.30. The molecule has 0 radical (unpaired) electrons. The molecule has 140 valence electrons. The lowest BCUT2D eigenvalue weighted by Crippen LogP contribution is -2.14. The highest BCUT2D eigenvalue weighted by molar-refractivity contribution is 7.90. The lowest BCUT2D eigenvalue weighted by molar-refractivity contribution is 0.415. The molecule has 0 fully saturated rings. The van der Waals surface area contributed by atoms with Gasteiger partial charge in [0.15, 0.2) is 9.84 Å². The summed E-state index contributed by atoms with van der Waals surface area (Å²) in [5, 5.41) is 3.26. The first kappa shape index (κ1) is 19.8. The molecule has 26 heavy (non-hydrogen) atoms. The molecule has 0 bridgehead atoms. The van der Waals surface area contributed by atoms with Crippen LogP contribution in [0.1, 0.15) is 12.5 Å². The maximum absolute atomic E-state index is 12.2. The number of aryl methyl sites for hydroxylation is 1. The van der Waals surface area contributed by atoms with E-state index in [1.807, 2.05) is 50.1 Å². The van der Waals surface area contributed by atoms with Crippen LogP contribution in [0.4, 0.5) is 17.1 Å². The molecule has 0 unspecified atom stereocenters. The van der Waals surface area contributed by atoms with Gasteiger partial charge in [-0.15, -0.1) is 0 Å². The second-order valence-electron chi connectivity index (χ2n) is 6.08. The first-order chi connectivity index (χ1) is 12.2. The fourth-order valence-corrected chi connectivity index (χ4v) is 3.13. The smallest absolute Gasteiger partial charge is 0.177 e. The molecule has 2 aromatic rings. The number of benzene rings is 2. The van der Waals surface area contributed by atoms with Gasteiger partial charge in [0.05, 0.1) is 24.0 Å². The van der Waals surface area contributed by atoms with E-state index in [0.29, 0.717) is 11.4 Å². The van der Waals surface area contributed by atoms with E-state index in [-0.39, 0.29) is 4.90 Å². The molecule has 0 aliphatic heterocycles. The highest BCUT2D eigenvalue weighted by Crippen LogP contribution is 2.32. The number of aliphatic imine (C=N–C) groups is 1. The van der Waals surface area contributed by atoms with Gasteiger partial charge in [0.2, 0.25) is 0 Å². The van der Waals surface area contributed by atoms with E-state index in [9.17, 15) is 8.42 Å². The van der Waals surface area contributed by atoms with E-state index in [1.54, 1.807) is 25.6 Å². The quantitative estimate of drug-likeness (QED) is 0.589. The summed E-state index contributed by atoms with van der Waals surface area (Å²) in [4.78, 5) is 6.42. The zero-order chi connectivity index (χ0) is 19.3. The molecule has 1 N–H and O–H groups in total. The SMILES string of the molecule is CCN(C)C=Nc1cc(C)c(Nc2cccc(OC)c2)cc1S(C)(=O)=O. The Kier molecular flexibility index (Phi) is 6.26. The predicted octanol–water partition coefficient (Wildman–Crippen LogP) is 3.76. The van der Waals surface area contributed by atoms with Crippen molar-refractivity contribution in [1.82, 2.24) is 4.90 Å². The van der Waals surface area contributed by atoms with E-state index < -0.39 is 9.84 Å². The minimum Gasteiger partial charge on any atom is -0.497 e. The third-order valence-corrected chi connectivity index (χ3v) is 5.07. The Morgan fingerprint density at radius 1 is 1.27 bits per heavy atom. The highest BCUT2D eigenvalue weighted by atomic mass is 32.2. The molecular formula is C19H25N3O3S. The van der Waals surface area contributed by atoms with Crippen LogP contribution in [-0.2, 0) is 9.84 Å². The maximum atomic E-state index is 12.2. The first-order valence-corrected chi connectivity index (χ1v) is 10.1. The molecule has 7 heteroatoms. The lowest BCUT2D eigenvalue weighted by atomic mass is 10.1. The van der Waals surface area contributed by atoms with Crippen LogP contribution in [0.15, 0.2) is 46.3 Å². The van der Waals surface area contributed by atoms with Crippen molar-refractivity contribution in [3.05, 3.63) is 42.0 Å². The Morgan fingerprint density at radius 2 is 2.00 bits per heavy atom. The van der Waals surface area contributed by atoms with Crippen LogP contribution in [-0.4, -0.2) is 46.6 Å². The molecule has 6 nitrogen and oxygen atoms in total. The second kappa shape index (κ2) is 8.23. The average molecular weight is 375 g/mol. The van der Waals surface area contributed by atoms with E-state index >= 15 is 0 Å². The summed E-state index contributed by atoms with van der Waals surface area (Å²) in [6.07, 6.45) is 2.83. The molecule has 0 aromatic heterocycles. The summed E-state index contributed by atoms with van der Waals surface area (Å²) in [5.41, 5.74) is 2.85. The van der Waals surface area contributed by atoms with Crippen LogP contribution >= 0.6 is 0 Å². The standard InChI is InChI=1S/C19H25N3O3S/c1-6-22(3)13-20-18-10-14(2)17(12-19(18)26(5,23)24)21-15-8-7-9-16(11-15)25-4/h7-13,21H,6H2,1-5H3. The minimum absolute atomic E-state index is 0.189. The largest absolute Gasteiger partial charge is 0.497 e. The average Bonchev–Trinajstić information content (AvgIpc) is 2.60. The highest BCUT2D eigenvalue weighted by Gasteiger charge is 2.16. The Hall–Kier alpha value is -2.54. The summed E-state index contributed by atoms with van der Waals surface area (Å²) in [5.74, 6) is 0.722. The summed E-state index contributed by atoms with van der Waals surface area (Å²) < 4.78 is 29.7. The molecule has 0 saturated heterocycles. The van der Waals surface area contributed by atoms with Crippen molar-refractivity contribution in [1.29, 1.82) is 0 Å². The number of sulfone groups is 1. The third-order valence-electron chi connectivity index (χ3n) is 3.95. The van der Waals surface area contributed by atoms with E-state index in [2.05, 4.69) is 10.3 Å². The number of nitrogens with zero attached hydrogens (tertiary/aromatic N) is 2. The number of anilines is 2. The Balaban J connectivity index is 2.47. The van der Waals surface area contributed by atoms with Crippen LogP contribution in [0.5, 0.6) is 5.75 Å². The summed E-state index contributed by atoms with van der Waals surface area (Å²) in [6, 6.07) is 10.9. The number of hydrogen-bond acceptors (Lipinski definition) is 5. The van der Waals surface area contributed by atoms with Gasteiger partial charge in [-0.2, -0.15) is 0 Å². The van der Waals surface area contributed by atoms with E-state index in [1.165, 1.54) is 6.26 Å². The topological polar surface area (TPSA) is 71.0 Å². The van der Waals surface area contributed by atoms with Crippen molar-refractivity contribution in [2.24, 2.45) is 4.99 Å². The summed E-state index contributed by atoms with van der Waals surface area (Å²) >= 11 is 0. The van der Waals surface area contributed by atoms with Crippen LogP contribution in [0.3, 0.4) is 0 Å². The Labute approximate surface area is 155 Å². The Morgan fingerprint density at radius 3 is 2.62 bits per heavy atom. The van der Waals surface area contributed by atoms with Crippen molar-refractivity contribution < 1.29 is 13.2 Å². The van der Waals surface area contributed by atoms with Crippen molar-refractivity contribution in [3.63, 3.8) is 0 Å². The molecular weight excluding hydrogens is 350 g/mol. The monoisotopic (exact) mass is 375 g/mol. The molecule has 2 aromatic carbocycles. The van der Waals surface area contributed by atoms with E-state index in [4.69, 9.17) is 4.74 Å². The molecule has 0 heterocycles. The van der Waals surface area contributed by atoms with Crippen molar-refractivity contribution >= 4 is 33.2 Å². The normalized spacial score (nSPS) is 11.6. The van der Waals surface area contributed by atoms with Gasteiger partial charge >= 0.3 is 0 Å². The molecule has 0 saturated carbocycles. The van der Waals surface area contributed by atoms with Gasteiger partial charge in [-0.05, 0) is 43.7 Å².